The number of fused-ring (bicyclic) bond motifs is 1. The van der Waals surface area contributed by atoms with Gasteiger partial charge in [0.1, 0.15) is 6.04 Å². The Morgan fingerprint density at radius 3 is 2.21 bits per heavy atom. The average molecular weight is 408 g/mol. The molecule has 0 spiro atoms. The Balaban J connectivity index is 1.61. The molecule has 0 aromatic heterocycles. The number of benzene rings is 1. The van der Waals surface area contributed by atoms with E-state index in [9.17, 15) is 27.6 Å². The smallest absolute Gasteiger partial charge is 0.329 e. The van der Waals surface area contributed by atoms with Crippen LogP contribution in [0.1, 0.15) is 41.0 Å². The molecule has 0 unspecified atom stereocenters. The van der Waals surface area contributed by atoms with Gasteiger partial charge in [-0.25, -0.2) is 13.2 Å². The van der Waals surface area contributed by atoms with Crippen molar-refractivity contribution in [1.29, 1.82) is 0 Å². The lowest BCUT2D eigenvalue weighted by atomic mass is 10.1. The predicted octanol–water partition coefficient (Wildman–Crippen LogP) is -0.0939. The first kappa shape index (κ1) is 20.0. The predicted molar refractivity (Wildman–Crippen MR) is 97.2 cm³/mol. The Morgan fingerprint density at radius 2 is 1.71 bits per heavy atom. The third kappa shape index (κ3) is 3.77. The monoisotopic (exact) mass is 408 g/mol. The van der Waals surface area contributed by atoms with Crippen LogP contribution < -0.4 is 5.32 Å². The number of nitrogens with one attached hydrogen (secondary N) is 1. The van der Waals surface area contributed by atoms with E-state index in [0.717, 1.165) is 4.90 Å². The normalized spacial score (nSPS) is 22.5. The van der Waals surface area contributed by atoms with Crippen LogP contribution in [-0.2, 0) is 24.2 Å². The number of ether oxygens (including phenoxy) is 1. The van der Waals surface area contributed by atoms with Crippen LogP contribution in [0.3, 0.4) is 0 Å². The number of esters is 1. The summed E-state index contributed by atoms with van der Waals surface area (Å²) in [5.74, 6) is -2.88. The molecule has 1 saturated heterocycles. The van der Waals surface area contributed by atoms with Gasteiger partial charge >= 0.3 is 5.97 Å². The van der Waals surface area contributed by atoms with Crippen LogP contribution in [0.5, 0.6) is 0 Å². The Bertz CT molecular complexity index is 921. The van der Waals surface area contributed by atoms with E-state index >= 15 is 0 Å². The summed E-state index contributed by atoms with van der Waals surface area (Å²) < 4.78 is 28.0. The van der Waals surface area contributed by atoms with Gasteiger partial charge in [-0.05, 0) is 32.4 Å². The minimum absolute atomic E-state index is 0.00287. The second kappa shape index (κ2) is 7.34. The summed E-state index contributed by atoms with van der Waals surface area (Å²) >= 11 is 0. The highest BCUT2D eigenvalue weighted by atomic mass is 32.2. The molecule has 3 rings (SSSR count). The fraction of sp³-hybridized carbons (Fsp3) is 0.444. The van der Waals surface area contributed by atoms with Gasteiger partial charge in [0.25, 0.3) is 17.7 Å². The number of carbonyl (C=O) groups excluding carboxylic acids is 4. The topological polar surface area (TPSA) is 127 Å². The Labute approximate surface area is 161 Å². The average Bonchev–Trinajstić information content (AvgIpc) is 3.11. The molecule has 0 radical (unpaired) electrons. The first-order valence-corrected chi connectivity index (χ1v) is 10.6. The van der Waals surface area contributed by atoms with Crippen LogP contribution in [0, 0.1) is 0 Å². The van der Waals surface area contributed by atoms with Crippen molar-refractivity contribution in [3.8, 4) is 0 Å². The molecule has 0 bridgehead atoms. The van der Waals surface area contributed by atoms with E-state index in [1.807, 2.05) is 0 Å². The summed E-state index contributed by atoms with van der Waals surface area (Å²) in [4.78, 5) is 50.2. The molecule has 9 nitrogen and oxygen atoms in total. The fourth-order valence-corrected chi connectivity index (χ4v) is 4.89. The highest BCUT2D eigenvalue weighted by Gasteiger charge is 2.42. The molecule has 10 heteroatoms. The van der Waals surface area contributed by atoms with Crippen molar-refractivity contribution in [3.05, 3.63) is 35.4 Å². The van der Waals surface area contributed by atoms with Crippen LogP contribution in [0.15, 0.2) is 24.3 Å². The summed E-state index contributed by atoms with van der Waals surface area (Å²) in [6.45, 7) is 2.68. The lowest BCUT2D eigenvalue weighted by Gasteiger charge is -2.23. The molecule has 1 aromatic carbocycles. The van der Waals surface area contributed by atoms with Crippen molar-refractivity contribution in [2.45, 2.75) is 38.5 Å². The molecule has 28 heavy (non-hydrogen) atoms. The Morgan fingerprint density at radius 1 is 1.14 bits per heavy atom. The standard InChI is InChI=1S/C18H20N2O7S/c1-10(20-16(22)13-5-3-4-6-14(13)17(20)23)18(24)27-11(2)15(21)19-12-7-8-28(25,26)9-12/h3-6,10-12H,7-9H2,1-2H3,(H,19,21)/t10-,11-,12-/m0/s1. The number of hydrogen-bond acceptors (Lipinski definition) is 7. The van der Waals surface area contributed by atoms with E-state index in [0.29, 0.717) is 6.42 Å². The third-order valence-corrected chi connectivity index (χ3v) is 6.56. The molecule has 2 aliphatic heterocycles. The second-order valence-corrected chi connectivity index (χ2v) is 9.12. The zero-order valence-electron chi connectivity index (χ0n) is 15.4. The van der Waals surface area contributed by atoms with Crippen molar-refractivity contribution in [2.24, 2.45) is 0 Å². The number of carbonyl (C=O) groups is 4. The van der Waals surface area contributed by atoms with Gasteiger partial charge in [0.05, 0.1) is 22.6 Å². The lowest BCUT2D eigenvalue weighted by Crippen LogP contribution is -2.47. The summed E-state index contributed by atoms with van der Waals surface area (Å²) in [6.07, 6.45) is -0.895. The minimum Gasteiger partial charge on any atom is -0.451 e. The van der Waals surface area contributed by atoms with Gasteiger partial charge < -0.3 is 10.1 Å². The first-order valence-electron chi connectivity index (χ1n) is 8.79. The van der Waals surface area contributed by atoms with E-state index in [4.69, 9.17) is 4.74 Å². The van der Waals surface area contributed by atoms with Gasteiger partial charge in [0, 0.05) is 6.04 Å². The first-order chi connectivity index (χ1) is 13.1. The SMILES string of the molecule is C[C@H](OC(=O)[C@H](C)N1C(=O)c2ccccc2C1=O)C(=O)N[C@H]1CCS(=O)(=O)C1. The number of nitrogens with zero attached hydrogens (tertiary/aromatic N) is 1. The van der Waals surface area contributed by atoms with Gasteiger partial charge in [0.15, 0.2) is 15.9 Å². The molecule has 0 aliphatic carbocycles. The Kier molecular flexibility index (Phi) is 5.24. The maximum Gasteiger partial charge on any atom is 0.329 e. The molecule has 3 amide bonds. The van der Waals surface area contributed by atoms with Crippen molar-refractivity contribution >= 4 is 33.5 Å². The largest absolute Gasteiger partial charge is 0.451 e. The van der Waals surface area contributed by atoms with Gasteiger partial charge in [0.2, 0.25) is 0 Å². The zero-order chi connectivity index (χ0) is 20.6. The number of imide groups is 1. The second-order valence-electron chi connectivity index (χ2n) is 6.89. The molecule has 2 aliphatic rings. The minimum atomic E-state index is -3.16. The van der Waals surface area contributed by atoms with Gasteiger partial charge in [-0.3, -0.25) is 19.3 Å². The van der Waals surface area contributed by atoms with Crippen LogP contribution in [0.4, 0.5) is 0 Å². The molecule has 0 saturated carbocycles. The molecule has 2 heterocycles. The van der Waals surface area contributed by atoms with Crippen molar-refractivity contribution < 1.29 is 32.3 Å². The number of rotatable bonds is 5. The van der Waals surface area contributed by atoms with E-state index < -0.39 is 51.7 Å². The molecule has 3 atom stereocenters. The van der Waals surface area contributed by atoms with Gasteiger partial charge in [-0.1, -0.05) is 12.1 Å². The van der Waals surface area contributed by atoms with Crippen molar-refractivity contribution in [2.75, 3.05) is 11.5 Å². The van der Waals surface area contributed by atoms with Crippen molar-refractivity contribution in [3.63, 3.8) is 0 Å². The quantitative estimate of drug-likeness (QED) is 0.533. The lowest BCUT2D eigenvalue weighted by molar-refractivity contribution is -0.158. The van der Waals surface area contributed by atoms with Crippen LogP contribution >= 0.6 is 0 Å². The highest BCUT2D eigenvalue weighted by Crippen LogP contribution is 2.25. The molecule has 1 aromatic rings. The molecular weight excluding hydrogens is 388 g/mol. The molecular formula is C18H20N2O7S. The molecule has 1 N–H and O–H groups in total. The van der Waals surface area contributed by atoms with E-state index in [-0.39, 0.29) is 22.6 Å². The molecule has 1 fully saturated rings. The number of amides is 3. The van der Waals surface area contributed by atoms with Crippen LogP contribution in [0.2, 0.25) is 0 Å². The van der Waals surface area contributed by atoms with E-state index in [2.05, 4.69) is 5.32 Å². The summed E-state index contributed by atoms with van der Waals surface area (Å²) in [7, 11) is -3.16. The van der Waals surface area contributed by atoms with Crippen LogP contribution in [0.25, 0.3) is 0 Å². The number of hydrogen-bond donors (Lipinski definition) is 1. The molecule has 150 valence electrons. The fourth-order valence-electron chi connectivity index (χ4n) is 3.22. The summed E-state index contributed by atoms with van der Waals surface area (Å²) in [5, 5.41) is 2.54. The van der Waals surface area contributed by atoms with Gasteiger partial charge in [-0.2, -0.15) is 0 Å². The van der Waals surface area contributed by atoms with E-state index in [1.165, 1.54) is 26.0 Å². The highest BCUT2D eigenvalue weighted by molar-refractivity contribution is 7.91. The van der Waals surface area contributed by atoms with Crippen molar-refractivity contribution in [1.82, 2.24) is 10.2 Å². The van der Waals surface area contributed by atoms with E-state index in [1.54, 1.807) is 12.1 Å². The van der Waals surface area contributed by atoms with Gasteiger partial charge in [-0.15, -0.1) is 0 Å². The Hall–Kier alpha value is -2.75. The number of sulfone groups is 1. The zero-order valence-corrected chi connectivity index (χ0v) is 16.2. The summed E-state index contributed by atoms with van der Waals surface area (Å²) in [5.41, 5.74) is 0.417. The maximum absolute atomic E-state index is 12.4. The summed E-state index contributed by atoms with van der Waals surface area (Å²) in [6, 6.07) is 4.50. The maximum atomic E-state index is 12.4. The third-order valence-electron chi connectivity index (χ3n) is 4.79. The van der Waals surface area contributed by atoms with Crippen LogP contribution in [-0.4, -0.2) is 66.7 Å².